The van der Waals surface area contributed by atoms with Gasteiger partial charge < -0.3 is 11.5 Å². The third kappa shape index (κ3) is 4.53. The predicted molar refractivity (Wildman–Crippen MR) is 109 cm³/mol. The van der Waals surface area contributed by atoms with Gasteiger partial charge in [0.1, 0.15) is 0 Å². The number of rotatable bonds is 4. The van der Waals surface area contributed by atoms with Gasteiger partial charge in [-0.1, -0.05) is 52.0 Å². The zero-order chi connectivity index (χ0) is 18.3. The molecule has 2 rings (SSSR count). The summed E-state index contributed by atoms with van der Waals surface area (Å²) in [5.74, 6) is 0. The van der Waals surface area contributed by atoms with Crippen molar-refractivity contribution in [2.75, 3.05) is 11.5 Å². The van der Waals surface area contributed by atoms with Gasteiger partial charge in [0.15, 0.2) is 0 Å². The first kappa shape index (κ1) is 20.1. The Morgan fingerprint density at radius 3 is 1.71 bits per heavy atom. The molecule has 0 amide bonds. The maximum atomic E-state index is 5.99. The Morgan fingerprint density at radius 1 is 0.667 bits per heavy atom. The smallest absolute Gasteiger partial charge is 0.0399 e. The van der Waals surface area contributed by atoms with Crippen molar-refractivity contribution in [3.8, 4) is 0 Å². The molecule has 0 aliphatic carbocycles. The Morgan fingerprint density at radius 2 is 1.25 bits per heavy atom. The second-order valence-corrected chi connectivity index (χ2v) is 6.29. The largest absolute Gasteiger partial charge is 0.398 e. The molecule has 0 heterocycles. The quantitative estimate of drug-likeness (QED) is 0.739. The van der Waals surface area contributed by atoms with Gasteiger partial charge in [-0.15, -0.1) is 0 Å². The van der Waals surface area contributed by atoms with E-state index in [4.69, 9.17) is 11.5 Å². The van der Waals surface area contributed by atoms with E-state index in [9.17, 15) is 0 Å². The molecule has 0 aromatic heterocycles. The van der Waals surface area contributed by atoms with Gasteiger partial charge in [-0.05, 0) is 72.9 Å². The Balaban J connectivity index is 0.000000243. The van der Waals surface area contributed by atoms with Crippen LogP contribution in [0.4, 0.5) is 11.4 Å². The number of nitrogens with two attached hydrogens (primary N) is 2. The molecule has 2 aromatic rings. The van der Waals surface area contributed by atoms with Crippen molar-refractivity contribution < 1.29 is 0 Å². The van der Waals surface area contributed by atoms with Gasteiger partial charge in [-0.3, -0.25) is 0 Å². The van der Waals surface area contributed by atoms with Crippen molar-refractivity contribution in [1.82, 2.24) is 0 Å². The summed E-state index contributed by atoms with van der Waals surface area (Å²) >= 11 is 0. The molecule has 0 fully saturated rings. The van der Waals surface area contributed by atoms with Crippen LogP contribution < -0.4 is 11.5 Å². The summed E-state index contributed by atoms with van der Waals surface area (Å²) in [5, 5.41) is 0. The standard InChI is InChI=1S/C11H18N2.C11H16/c1-4-8-6-7(3)10(12)9(5-2)11(8)13;1-4-10-8-6-7-9(3)11(10)5-2/h6H,4-5,12-13H2,1-3H3;6-8H,4-5H2,1-3H3. The fourth-order valence-corrected chi connectivity index (χ4v) is 3.27. The molecule has 0 atom stereocenters. The minimum atomic E-state index is 0.859. The average molecular weight is 327 g/mol. The first-order valence-corrected chi connectivity index (χ1v) is 9.14. The lowest BCUT2D eigenvalue weighted by molar-refractivity contribution is 1.02. The molecule has 24 heavy (non-hydrogen) atoms. The van der Waals surface area contributed by atoms with Crippen LogP contribution in [0.5, 0.6) is 0 Å². The van der Waals surface area contributed by atoms with E-state index in [1.54, 1.807) is 0 Å². The van der Waals surface area contributed by atoms with Crippen molar-refractivity contribution in [3.63, 3.8) is 0 Å². The van der Waals surface area contributed by atoms with E-state index in [1.807, 2.05) is 6.92 Å². The fourth-order valence-electron chi connectivity index (χ4n) is 3.27. The summed E-state index contributed by atoms with van der Waals surface area (Å²) < 4.78 is 0. The topological polar surface area (TPSA) is 52.0 Å². The zero-order valence-corrected chi connectivity index (χ0v) is 16.3. The summed E-state index contributed by atoms with van der Waals surface area (Å²) in [6.07, 6.45) is 4.20. The highest BCUT2D eigenvalue weighted by Gasteiger charge is 2.08. The molecule has 0 aliphatic heterocycles. The molecule has 0 radical (unpaired) electrons. The van der Waals surface area contributed by atoms with Gasteiger partial charge in [0.2, 0.25) is 0 Å². The van der Waals surface area contributed by atoms with E-state index >= 15 is 0 Å². The van der Waals surface area contributed by atoms with Crippen LogP contribution >= 0.6 is 0 Å². The summed E-state index contributed by atoms with van der Waals surface area (Å²) in [6, 6.07) is 8.65. The molecule has 0 saturated carbocycles. The van der Waals surface area contributed by atoms with Crippen molar-refractivity contribution in [2.24, 2.45) is 0 Å². The number of anilines is 2. The second kappa shape index (κ2) is 9.36. The van der Waals surface area contributed by atoms with Crippen LogP contribution in [0.2, 0.25) is 0 Å². The van der Waals surface area contributed by atoms with Gasteiger partial charge in [0, 0.05) is 11.4 Å². The molecule has 0 bridgehead atoms. The van der Waals surface area contributed by atoms with Crippen LogP contribution in [0.25, 0.3) is 0 Å². The molecule has 2 aromatic carbocycles. The minimum absolute atomic E-state index is 0.859. The van der Waals surface area contributed by atoms with Gasteiger partial charge in [0.05, 0.1) is 0 Å². The van der Waals surface area contributed by atoms with E-state index in [2.05, 4.69) is 58.9 Å². The summed E-state index contributed by atoms with van der Waals surface area (Å²) in [6.45, 7) is 12.9. The maximum absolute atomic E-state index is 5.99. The van der Waals surface area contributed by atoms with E-state index in [0.717, 1.165) is 48.2 Å². The van der Waals surface area contributed by atoms with E-state index in [1.165, 1.54) is 22.3 Å². The molecular formula is C22H34N2. The van der Waals surface area contributed by atoms with E-state index < -0.39 is 0 Å². The fraction of sp³-hybridized carbons (Fsp3) is 0.455. The molecule has 0 spiro atoms. The van der Waals surface area contributed by atoms with E-state index in [0.29, 0.717) is 0 Å². The molecular weight excluding hydrogens is 292 g/mol. The lowest BCUT2D eigenvalue weighted by Gasteiger charge is -2.14. The number of benzene rings is 2. The Kier molecular flexibility index (Phi) is 7.84. The maximum Gasteiger partial charge on any atom is 0.0399 e. The third-order valence-electron chi connectivity index (χ3n) is 4.79. The molecule has 132 valence electrons. The number of hydrogen-bond acceptors (Lipinski definition) is 2. The lowest BCUT2D eigenvalue weighted by Crippen LogP contribution is -2.05. The van der Waals surface area contributed by atoms with Crippen molar-refractivity contribution in [3.05, 3.63) is 57.6 Å². The summed E-state index contributed by atoms with van der Waals surface area (Å²) in [5.41, 5.74) is 21.6. The zero-order valence-electron chi connectivity index (χ0n) is 16.3. The van der Waals surface area contributed by atoms with Crippen LogP contribution in [0, 0.1) is 13.8 Å². The minimum Gasteiger partial charge on any atom is -0.398 e. The Labute approximate surface area is 148 Å². The molecule has 0 saturated heterocycles. The van der Waals surface area contributed by atoms with Gasteiger partial charge in [-0.2, -0.15) is 0 Å². The lowest BCUT2D eigenvalue weighted by atomic mass is 9.98. The van der Waals surface area contributed by atoms with Gasteiger partial charge >= 0.3 is 0 Å². The Hall–Kier alpha value is -1.96. The number of nitrogen functional groups attached to an aromatic ring is 2. The highest BCUT2D eigenvalue weighted by Crippen LogP contribution is 2.28. The van der Waals surface area contributed by atoms with Gasteiger partial charge in [-0.25, -0.2) is 0 Å². The predicted octanol–water partition coefficient (Wildman–Crippen LogP) is 5.40. The molecule has 2 heteroatoms. The monoisotopic (exact) mass is 326 g/mol. The van der Waals surface area contributed by atoms with Crippen LogP contribution in [-0.2, 0) is 25.7 Å². The molecule has 2 nitrogen and oxygen atoms in total. The number of aryl methyl sites for hydroxylation is 4. The number of hydrogen-bond donors (Lipinski definition) is 2. The van der Waals surface area contributed by atoms with Crippen molar-refractivity contribution in [2.45, 2.75) is 67.2 Å². The first-order valence-electron chi connectivity index (χ1n) is 9.14. The SMILES string of the molecule is CCc1cc(C)c(N)c(CC)c1N.CCc1cccc(C)c1CC. The second-order valence-electron chi connectivity index (χ2n) is 6.29. The van der Waals surface area contributed by atoms with Crippen molar-refractivity contribution >= 4 is 11.4 Å². The van der Waals surface area contributed by atoms with Crippen molar-refractivity contribution in [1.29, 1.82) is 0 Å². The highest BCUT2D eigenvalue weighted by molar-refractivity contribution is 5.68. The molecule has 0 aliphatic rings. The highest BCUT2D eigenvalue weighted by atomic mass is 14.6. The Bertz CT molecular complexity index is 672. The first-order chi connectivity index (χ1) is 11.4. The van der Waals surface area contributed by atoms with Crippen LogP contribution in [0.3, 0.4) is 0 Å². The summed E-state index contributed by atoms with van der Waals surface area (Å²) in [7, 11) is 0. The van der Waals surface area contributed by atoms with Gasteiger partial charge in [0.25, 0.3) is 0 Å². The molecule has 0 unspecified atom stereocenters. The molecule has 4 N–H and O–H groups in total. The van der Waals surface area contributed by atoms with Crippen LogP contribution in [0.15, 0.2) is 24.3 Å². The van der Waals surface area contributed by atoms with Crippen LogP contribution in [-0.4, -0.2) is 0 Å². The summed E-state index contributed by atoms with van der Waals surface area (Å²) in [4.78, 5) is 0. The normalized spacial score (nSPS) is 10.2. The van der Waals surface area contributed by atoms with Crippen LogP contribution in [0.1, 0.15) is 61.1 Å². The average Bonchev–Trinajstić information content (AvgIpc) is 2.59. The van der Waals surface area contributed by atoms with E-state index in [-0.39, 0.29) is 0 Å². The third-order valence-corrected chi connectivity index (χ3v) is 4.79.